The third kappa shape index (κ3) is 5.06. The first-order chi connectivity index (χ1) is 2.50. The van der Waals surface area contributed by atoms with Crippen LogP contribution in [0.4, 0.5) is 0 Å². The zero-order valence-corrected chi connectivity index (χ0v) is 8.20. The van der Waals surface area contributed by atoms with Crippen molar-refractivity contribution in [2.75, 3.05) is 19.8 Å². The van der Waals surface area contributed by atoms with Gasteiger partial charge in [-0.3, -0.25) is 6.67 Å². The normalized spacial score (nSPS) is 17.1. The Morgan fingerprint density at radius 3 is 1.57 bits per heavy atom. The predicted octanol–water partition coefficient (Wildman–Crippen LogP) is 0.700. The molecule has 0 aromatic rings. The molecule has 1 saturated heterocycles. The van der Waals surface area contributed by atoms with Gasteiger partial charge in [-0.25, -0.2) is 0 Å². The second kappa shape index (κ2) is 7.19. The molecule has 0 aromatic carbocycles. The van der Waals surface area contributed by atoms with Gasteiger partial charge in [-0.05, 0) is 0 Å². The van der Waals surface area contributed by atoms with Crippen LogP contribution < -0.4 is 0 Å². The fourth-order valence-electron chi connectivity index (χ4n) is 0.354. The molecule has 4 heteroatoms. The summed E-state index contributed by atoms with van der Waals surface area (Å²) in [5.74, 6) is 0. The molecule has 1 fully saturated rings. The van der Waals surface area contributed by atoms with E-state index in [-0.39, 0.29) is 39.6 Å². The maximum absolute atomic E-state index is 3.92. The number of hydrogen-bond donors (Lipinski definition) is 0. The van der Waals surface area contributed by atoms with Gasteiger partial charge in [0, 0.05) is 39.6 Å². The Bertz CT molecular complexity index is 24.5. The summed E-state index contributed by atoms with van der Waals surface area (Å²) in [6, 6.07) is 0. The van der Waals surface area contributed by atoms with Crippen LogP contribution in [-0.4, -0.2) is 19.8 Å². The Morgan fingerprint density at radius 1 is 1.00 bits per heavy atom. The van der Waals surface area contributed by atoms with E-state index in [4.69, 9.17) is 0 Å². The van der Waals surface area contributed by atoms with E-state index < -0.39 is 0 Å². The van der Waals surface area contributed by atoms with Crippen LogP contribution in [0.15, 0.2) is 0 Å². The van der Waals surface area contributed by atoms with E-state index in [1.54, 1.807) is 0 Å². The van der Waals surface area contributed by atoms with E-state index in [1.165, 1.54) is 0 Å². The van der Waals surface area contributed by atoms with Crippen molar-refractivity contribution in [1.29, 1.82) is 0 Å². The number of rotatable bonds is 0. The fourth-order valence-corrected chi connectivity index (χ4v) is 0.354. The Morgan fingerprint density at radius 2 is 1.43 bits per heavy atom. The monoisotopic (exact) mass is 305 g/mol. The molecule has 0 amide bonds. The van der Waals surface area contributed by atoms with Gasteiger partial charge < -0.3 is 10.6 Å². The van der Waals surface area contributed by atoms with E-state index >= 15 is 0 Å². The van der Waals surface area contributed by atoms with Crippen LogP contribution in [0, 0.1) is 0 Å². The molecule has 2 nitrogen and oxygen atoms in total. The van der Waals surface area contributed by atoms with Crippen LogP contribution in [0.2, 0.25) is 0 Å². The van der Waals surface area contributed by atoms with Crippen molar-refractivity contribution in [1.82, 2.24) is 0 Å². The predicted molar refractivity (Wildman–Crippen MR) is 21.3 cm³/mol. The Labute approximate surface area is 70.0 Å². The van der Waals surface area contributed by atoms with Gasteiger partial charge in [-0.2, -0.15) is 13.1 Å². The van der Waals surface area contributed by atoms with E-state index in [1.807, 2.05) is 0 Å². The molecule has 0 aliphatic carbocycles. The van der Waals surface area contributed by atoms with Crippen molar-refractivity contribution < 1.29 is 39.6 Å². The van der Waals surface area contributed by atoms with Crippen LogP contribution in [0.5, 0.6) is 0 Å². The summed E-state index contributed by atoms with van der Waals surface area (Å²) < 4.78 is 0. The first-order valence-corrected chi connectivity index (χ1v) is 1.76. The summed E-state index contributed by atoms with van der Waals surface area (Å²) in [4.78, 5) is 0. The molecular formula is C3H6N2VW-2. The summed E-state index contributed by atoms with van der Waals surface area (Å²) in [6.45, 7) is 2.67. The molecule has 1 rings (SSSR count). The number of nitrogens with zero attached hydrogens (tertiary/aromatic N) is 2. The average molecular weight is 305 g/mol. The maximum Gasteiger partial charge on any atom is 0 e. The van der Waals surface area contributed by atoms with Crippen molar-refractivity contribution in [2.45, 2.75) is 0 Å². The van der Waals surface area contributed by atoms with Gasteiger partial charge in [0.2, 0.25) is 0 Å². The second-order valence-corrected chi connectivity index (χ2v) is 1.04. The SMILES string of the molecule is C1C[N-]C[N-]1.[V].[W]. The molecular weight excluding hydrogens is 299 g/mol. The maximum atomic E-state index is 3.92. The molecule has 0 saturated carbocycles. The van der Waals surface area contributed by atoms with Crippen LogP contribution in [0.25, 0.3) is 10.6 Å². The second-order valence-electron chi connectivity index (χ2n) is 1.04. The Kier molecular flexibility index (Phi) is 11.4. The minimum Gasteiger partial charge on any atom is -0.682 e. The van der Waals surface area contributed by atoms with Crippen molar-refractivity contribution in [3.8, 4) is 0 Å². The molecule has 0 N–H and O–H groups in total. The molecule has 0 bridgehead atoms. The summed E-state index contributed by atoms with van der Waals surface area (Å²) in [6.07, 6.45) is 0. The van der Waals surface area contributed by atoms with E-state index in [0.29, 0.717) is 0 Å². The van der Waals surface area contributed by atoms with Gasteiger partial charge in [0.1, 0.15) is 0 Å². The van der Waals surface area contributed by atoms with Crippen molar-refractivity contribution in [2.24, 2.45) is 0 Å². The molecule has 1 radical (unpaired) electrons. The van der Waals surface area contributed by atoms with Crippen molar-refractivity contribution in [3.63, 3.8) is 0 Å². The minimum atomic E-state index is 0. The van der Waals surface area contributed by atoms with Gasteiger partial charge in [0.05, 0.1) is 0 Å². The smallest absolute Gasteiger partial charge is 0 e. The van der Waals surface area contributed by atoms with E-state index in [0.717, 1.165) is 19.8 Å². The van der Waals surface area contributed by atoms with Gasteiger partial charge in [0.25, 0.3) is 0 Å². The van der Waals surface area contributed by atoms with Crippen LogP contribution in [0.1, 0.15) is 0 Å². The van der Waals surface area contributed by atoms with E-state index in [9.17, 15) is 0 Å². The van der Waals surface area contributed by atoms with Gasteiger partial charge >= 0.3 is 0 Å². The van der Waals surface area contributed by atoms with Gasteiger partial charge in [-0.1, -0.05) is 0 Å². The zero-order chi connectivity index (χ0) is 3.54. The summed E-state index contributed by atoms with van der Waals surface area (Å²) in [5, 5.41) is 7.83. The van der Waals surface area contributed by atoms with Crippen LogP contribution in [-0.2, 0) is 39.6 Å². The zero-order valence-electron chi connectivity index (χ0n) is 3.87. The standard InChI is InChI=1S/C3H6N2.V.W/c1-2-5-3-4-1;;/h1-3H2;;/q-2;;. The summed E-state index contributed by atoms with van der Waals surface area (Å²) >= 11 is 0. The first kappa shape index (κ1) is 11.1. The van der Waals surface area contributed by atoms with E-state index in [2.05, 4.69) is 10.6 Å². The molecule has 0 spiro atoms. The van der Waals surface area contributed by atoms with Gasteiger partial charge in [0.15, 0.2) is 0 Å². The topological polar surface area (TPSA) is 28.2 Å². The van der Waals surface area contributed by atoms with Crippen LogP contribution in [0.3, 0.4) is 0 Å². The molecule has 7 heavy (non-hydrogen) atoms. The van der Waals surface area contributed by atoms with Gasteiger partial charge in [-0.15, -0.1) is 0 Å². The Hall–Kier alpha value is 1.19. The summed E-state index contributed by atoms with van der Waals surface area (Å²) in [7, 11) is 0. The van der Waals surface area contributed by atoms with Crippen molar-refractivity contribution >= 4 is 0 Å². The number of hydrogen-bond acceptors (Lipinski definition) is 0. The molecule has 0 unspecified atom stereocenters. The molecule has 41 valence electrons. The molecule has 0 atom stereocenters. The third-order valence-electron chi connectivity index (χ3n) is 0.616. The third-order valence-corrected chi connectivity index (χ3v) is 0.616. The van der Waals surface area contributed by atoms with Crippen LogP contribution >= 0.6 is 0 Å². The largest absolute Gasteiger partial charge is 0.682 e. The average Bonchev–Trinajstić information content (AvgIpc) is 1.76. The molecule has 0 aromatic heterocycles. The van der Waals surface area contributed by atoms with Crippen molar-refractivity contribution in [3.05, 3.63) is 10.6 Å². The molecule has 1 aliphatic heterocycles. The summed E-state index contributed by atoms with van der Waals surface area (Å²) in [5.41, 5.74) is 0. The molecule has 1 heterocycles. The quantitative estimate of drug-likeness (QED) is 0.630. The Balaban J connectivity index is 0. The minimum absolute atomic E-state index is 0. The first-order valence-electron chi connectivity index (χ1n) is 1.76. The molecule has 1 aliphatic rings. The fraction of sp³-hybridized carbons (Fsp3) is 1.00.